The van der Waals surface area contributed by atoms with E-state index in [2.05, 4.69) is 20.5 Å². The molecule has 2 aromatic rings. The third kappa shape index (κ3) is 2.68. The monoisotopic (exact) mass is 406 g/mol. The number of hydrogen-bond donors (Lipinski definition) is 3. The number of H-pyrrole nitrogens is 1. The average Bonchev–Trinajstić information content (AvgIpc) is 3.40. The highest BCUT2D eigenvalue weighted by atomic mass is 35.5. The van der Waals surface area contributed by atoms with Gasteiger partial charge >= 0.3 is 0 Å². The maximum atomic E-state index is 13.0. The molecule has 3 fully saturated rings. The number of nitrogens with zero attached hydrogens (tertiary/aromatic N) is 3. The molecule has 0 radical (unpaired) electrons. The van der Waals surface area contributed by atoms with E-state index in [0.717, 1.165) is 23.9 Å². The van der Waals surface area contributed by atoms with E-state index in [1.165, 1.54) is 0 Å². The highest BCUT2D eigenvalue weighted by Gasteiger charge is 2.68. The molecule has 10 heteroatoms. The molecule has 4 N–H and O–H groups in total. The largest absolute Gasteiger partial charge is 0.368 e. The molecule has 4 atom stereocenters. The number of pyridine rings is 1. The molecule has 28 heavy (non-hydrogen) atoms. The maximum absolute atomic E-state index is 13.0. The number of aromatic nitrogens is 3. The molecular weight excluding hydrogens is 384 g/mol. The first-order valence-corrected chi connectivity index (χ1v) is 9.35. The van der Waals surface area contributed by atoms with Gasteiger partial charge in [-0.1, -0.05) is 0 Å². The first-order valence-electron chi connectivity index (χ1n) is 9.35. The number of likely N-dealkylation sites (tertiary alicyclic amines) is 1. The number of hydrogen-bond acceptors (Lipinski definition) is 6. The molecule has 2 bridgehead atoms. The summed E-state index contributed by atoms with van der Waals surface area (Å²) in [6.45, 7) is 1.78. The molecule has 5 heterocycles. The number of nitrogens with two attached hydrogens (primary N) is 1. The van der Waals surface area contributed by atoms with Gasteiger partial charge in [0.05, 0.1) is 42.3 Å². The fraction of sp³-hybridized carbons (Fsp3) is 0.556. The third-order valence-corrected chi connectivity index (χ3v) is 6.15. The topological polar surface area (TPSA) is 126 Å². The van der Waals surface area contributed by atoms with Crippen molar-refractivity contribution in [1.82, 2.24) is 25.4 Å². The minimum Gasteiger partial charge on any atom is -0.368 e. The molecular formula is C18H23ClN6O3. The van der Waals surface area contributed by atoms with Gasteiger partial charge in [-0.15, -0.1) is 12.4 Å². The number of rotatable bonds is 5. The Hall–Kier alpha value is -2.23. The Balaban J connectivity index is 0.00000192. The van der Waals surface area contributed by atoms with E-state index in [4.69, 9.17) is 10.5 Å². The van der Waals surface area contributed by atoms with Gasteiger partial charge in [0.1, 0.15) is 0 Å². The zero-order valence-corrected chi connectivity index (χ0v) is 16.1. The molecule has 3 saturated heterocycles. The second-order valence-electron chi connectivity index (χ2n) is 7.61. The smallest absolute Gasteiger partial charge is 0.229 e. The van der Waals surface area contributed by atoms with Crippen LogP contribution in [-0.4, -0.2) is 63.2 Å². The fourth-order valence-corrected chi connectivity index (χ4v) is 5.02. The van der Waals surface area contributed by atoms with Crippen molar-refractivity contribution in [1.29, 1.82) is 0 Å². The van der Waals surface area contributed by atoms with Crippen molar-refractivity contribution in [2.24, 2.45) is 17.6 Å². The van der Waals surface area contributed by atoms with Crippen LogP contribution in [0, 0.1) is 11.8 Å². The Bertz CT molecular complexity index is 920. The first-order chi connectivity index (χ1) is 13.1. The summed E-state index contributed by atoms with van der Waals surface area (Å²) in [7, 11) is 0. The Morgan fingerprint density at radius 3 is 3.18 bits per heavy atom. The molecule has 0 aromatic carbocycles. The standard InChI is InChI=1S/C18H22N6O3.ClH/c19-5-7-24-9-18-4-3-12(27-18)13(14(18)17(24)26)16(25)21-8-11-10-2-1-6-20-15(10)23-22-11;/h1-2,6,12-14H,3-5,7-9,19H2,(H,21,25)(H,20,22,23);1H/t12-,13-,14+,18-;/m0./s1. The molecule has 3 aliphatic rings. The van der Waals surface area contributed by atoms with Crippen molar-refractivity contribution >= 4 is 35.3 Å². The molecule has 0 saturated carbocycles. The van der Waals surface area contributed by atoms with Crippen molar-refractivity contribution in [2.45, 2.75) is 31.1 Å². The van der Waals surface area contributed by atoms with Crippen LogP contribution in [-0.2, 0) is 20.9 Å². The lowest BCUT2D eigenvalue weighted by Crippen LogP contribution is -2.45. The summed E-state index contributed by atoms with van der Waals surface area (Å²) in [4.78, 5) is 31.8. The van der Waals surface area contributed by atoms with E-state index in [1.54, 1.807) is 11.1 Å². The normalized spacial score (nSPS) is 30.5. The summed E-state index contributed by atoms with van der Waals surface area (Å²) in [5, 5.41) is 10.9. The number of carbonyl (C=O) groups is 2. The van der Waals surface area contributed by atoms with E-state index >= 15 is 0 Å². The van der Waals surface area contributed by atoms with Crippen LogP contribution in [0.25, 0.3) is 11.0 Å². The van der Waals surface area contributed by atoms with Crippen LogP contribution in [0.2, 0.25) is 0 Å². The van der Waals surface area contributed by atoms with Crippen LogP contribution in [0.4, 0.5) is 0 Å². The Kier molecular flexibility index (Phi) is 4.76. The molecule has 150 valence electrons. The summed E-state index contributed by atoms with van der Waals surface area (Å²) >= 11 is 0. The van der Waals surface area contributed by atoms with Crippen molar-refractivity contribution in [3.8, 4) is 0 Å². The van der Waals surface area contributed by atoms with Crippen molar-refractivity contribution in [2.75, 3.05) is 19.6 Å². The molecule has 2 amide bonds. The van der Waals surface area contributed by atoms with Crippen LogP contribution in [0.15, 0.2) is 18.3 Å². The van der Waals surface area contributed by atoms with Gasteiger partial charge in [0.2, 0.25) is 11.8 Å². The summed E-state index contributed by atoms with van der Waals surface area (Å²) in [6, 6.07) is 3.74. The lowest BCUT2D eigenvalue weighted by atomic mass is 9.73. The van der Waals surface area contributed by atoms with E-state index in [9.17, 15) is 9.59 Å². The predicted octanol–water partition coefficient (Wildman–Crippen LogP) is -0.0394. The van der Waals surface area contributed by atoms with Crippen LogP contribution in [0.5, 0.6) is 0 Å². The predicted molar refractivity (Wildman–Crippen MR) is 102 cm³/mol. The number of amides is 2. The highest BCUT2D eigenvalue weighted by molar-refractivity contribution is 5.92. The first kappa shape index (κ1) is 19.1. The van der Waals surface area contributed by atoms with Gasteiger partial charge in [-0.05, 0) is 25.0 Å². The highest BCUT2D eigenvalue weighted by Crippen LogP contribution is 2.55. The van der Waals surface area contributed by atoms with Gasteiger partial charge in [0.15, 0.2) is 5.65 Å². The van der Waals surface area contributed by atoms with Crippen molar-refractivity contribution in [3.63, 3.8) is 0 Å². The van der Waals surface area contributed by atoms with Gasteiger partial charge in [-0.2, -0.15) is 5.10 Å². The molecule has 5 rings (SSSR count). The number of aromatic amines is 1. The van der Waals surface area contributed by atoms with Crippen molar-refractivity contribution < 1.29 is 14.3 Å². The molecule has 0 aliphatic carbocycles. The Morgan fingerprint density at radius 1 is 1.50 bits per heavy atom. The third-order valence-electron chi connectivity index (χ3n) is 6.15. The van der Waals surface area contributed by atoms with E-state index in [1.807, 2.05) is 12.1 Å². The van der Waals surface area contributed by atoms with Crippen LogP contribution >= 0.6 is 12.4 Å². The van der Waals surface area contributed by atoms with Gasteiger partial charge in [-0.25, -0.2) is 4.98 Å². The summed E-state index contributed by atoms with van der Waals surface area (Å²) < 4.78 is 6.18. The molecule has 0 unspecified atom stereocenters. The second-order valence-corrected chi connectivity index (χ2v) is 7.61. The lowest BCUT2D eigenvalue weighted by Gasteiger charge is -2.26. The average molecular weight is 407 g/mol. The van der Waals surface area contributed by atoms with Gasteiger partial charge in [-0.3, -0.25) is 14.7 Å². The molecule has 3 aliphatic heterocycles. The zero-order valence-electron chi connectivity index (χ0n) is 15.3. The lowest BCUT2D eigenvalue weighted by molar-refractivity contribution is -0.138. The fourth-order valence-electron chi connectivity index (χ4n) is 5.02. The second kappa shape index (κ2) is 6.98. The van der Waals surface area contributed by atoms with Gasteiger partial charge < -0.3 is 20.7 Å². The van der Waals surface area contributed by atoms with E-state index < -0.39 is 17.4 Å². The van der Waals surface area contributed by atoms with E-state index in [-0.39, 0.29) is 30.3 Å². The number of ether oxygens (including phenoxy) is 1. The number of carbonyl (C=O) groups excluding carboxylic acids is 2. The molecule has 9 nitrogen and oxygen atoms in total. The van der Waals surface area contributed by atoms with Gasteiger partial charge in [0, 0.05) is 24.7 Å². The summed E-state index contributed by atoms with van der Waals surface area (Å²) in [5.41, 5.74) is 6.54. The summed E-state index contributed by atoms with van der Waals surface area (Å²) in [5.74, 6) is -0.982. The molecule has 2 aromatic heterocycles. The summed E-state index contributed by atoms with van der Waals surface area (Å²) in [6.07, 6.45) is 3.14. The van der Waals surface area contributed by atoms with Crippen LogP contribution < -0.4 is 11.1 Å². The van der Waals surface area contributed by atoms with Crippen molar-refractivity contribution in [3.05, 3.63) is 24.0 Å². The Labute approximate surface area is 167 Å². The minimum atomic E-state index is -0.510. The minimum absolute atomic E-state index is 0. The zero-order chi connectivity index (χ0) is 18.6. The van der Waals surface area contributed by atoms with E-state index in [0.29, 0.717) is 31.8 Å². The maximum Gasteiger partial charge on any atom is 0.229 e. The van der Waals surface area contributed by atoms with Crippen LogP contribution in [0.3, 0.4) is 0 Å². The SMILES string of the molecule is Cl.NCCN1C[C@]23CC[C@H](O2)[C@H](C(=O)NCc2[nH]nc4ncccc24)[C@@H]3C1=O. The van der Waals surface area contributed by atoms with Crippen LogP contribution in [0.1, 0.15) is 18.5 Å². The Morgan fingerprint density at radius 2 is 2.36 bits per heavy atom. The molecule has 1 spiro atoms. The quantitative estimate of drug-likeness (QED) is 0.639. The number of fused-ring (bicyclic) bond motifs is 2. The van der Waals surface area contributed by atoms with Gasteiger partial charge in [0.25, 0.3) is 0 Å². The number of nitrogens with one attached hydrogen (secondary N) is 2. The number of halogens is 1.